The molecular weight excluding hydrogens is 378 g/mol. The number of rotatable bonds is 6. The molecule has 1 aromatic heterocycles. The molecule has 0 amide bonds. The smallest absolute Gasteiger partial charge is 0.191 e. The highest BCUT2D eigenvalue weighted by Crippen LogP contribution is 2.25. The Morgan fingerprint density at radius 1 is 1.28 bits per heavy atom. The summed E-state index contributed by atoms with van der Waals surface area (Å²) in [7, 11) is 1.82. The van der Waals surface area contributed by atoms with E-state index >= 15 is 0 Å². The summed E-state index contributed by atoms with van der Waals surface area (Å²) in [5.74, 6) is 0.830. The number of aromatic nitrogens is 1. The van der Waals surface area contributed by atoms with E-state index in [-0.39, 0.29) is 11.5 Å². The van der Waals surface area contributed by atoms with Crippen molar-refractivity contribution in [3.63, 3.8) is 0 Å². The molecule has 1 fully saturated rings. The van der Waals surface area contributed by atoms with Gasteiger partial charge in [-0.15, -0.1) is 11.3 Å². The summed E-state index contributed by atoms with van der Waals surface area (Å²) in [6.07, 6.45) is 3.50. The largest absolute Gasteiger partial charge is 0.372 e. The molecule has 1 atom stereocenters. The van der Waals surface area contributed by atoms with Crippen molar-refractivity contribution < 1.29 is 0 Å². The van der Waals surface area contributed by atoms with Gasteiger partial charge < -0.3 is 15.5 Å². The number of nitrogens with zero attached hydrogens (tertiary/aromatic N) is 3. The van der Waals surface area contributed by atoms with Crippen LogP contribution in [-0.4, -0.2) is 37.6 Å². The van der Waals surface area contributed by atoms with E-state index in [9.17, 15) is 0 Å². The first-order chi connectivity index (χ1) is 13.9. The number of benzene rings is 1. The molecule has 3 rings (SSSR count). The fourth-order valence-corrected chi connectivity index (χ4v) is 4.53. The molecule has 0 bridgehead atoms. The highest BCUT2D eigenvalue weighted by molar-refractivity contribution is 7.09. The Morgan fingerprint density at radius 2 is 2.03 bits per heavy atom. The Bertz CT molecular complexity index is 815. The van der Waals surface area contributed by atoms with Gasteiger partial charge in [0.15, 0.2) is 5.96 Å². The summed E-state index contributed by atoms with van der Waals surface area (Å²) in [6.45, 7) is 12.0. The first-order valence-electron chi connectivity index (χ1n) is 10.6. The Hall–Kier alpha value is -2.08. The molecule has 1 saturated heterocycles. The number of guanidine groups is 1. The molecule has 1 aliphatic heterocycles. The number of nitrogens with one attached hydrogen (secondary N) is 2. The van der Waals surface area contributed by atoms with Crippen molar-refractivity contribution in [2.24, 2.45) is 4.99 Å². The highest BCUT2D eigenvalue weighted by atomic mass is 32.1. The van der Waals surface area contributed by atoms with Crippen molar-refractivity contribution in [3.05, 3.63) is 45.9 Å². The second-order valence-electron chi connectivity index (χ2n) is 8.78. The van der Waals surface area contributed by atoms with Crippen LogP contribution in [-0.2, 0) is 11.8 Å². The molecule has 0 radical (unpaired) electrons. The standard InChI is InChI=1S/C23H35N5S/c1-17(18-9-8-10-19(15-18)28-13-6-7-14-28)26-22(24-5)25-12-11-21-27-20(16-29-21)23(2,3)4/h8-10,15-17H,6-7,11-14H2,1-5H3,(H2,24,25,26). The van der Waals surface area contributed by atoms with Crippen LogP contribution in [0.3, 0.4) is 0 Å². The molecule has 29 heavy (non-hydrogen) atoms. The lowest BCUT2D eigenvalue weighted by Crippen LogP contribution is -2.39. The molecule has 0 aliphatic carbocycles. The van der Waals surface area contributed by atoms with Crippen LogP contribution in [0.4, 0.5) is 5.69 Å². The minimum Gasteiger partial charge on any atom is -0.372 e. The summed E-state index contributed by atoms with van der Waals surface area (Å²) in [5, 5.41) is 10.3. The predicted octanol–water partition coefficient (Wildman–Crippen LogP) is 4.51. The van der Waals surface area contributed by atoms with Crippen LogP contribution in [0.2, 0.25) is 0 Å². The second-order valence-corrected chi connectivity index (χ2v) is 9.72. The van der Waals surface area contributed by atoms with Gasteiger partial charge in [-0.3, -0.25) is 4.99 Å². The van der Waals surface area contributed by atoms with Gasteiger partial charge in [-0.2, -0.15) is 0 Å². The van der Waals surface area contributed by atoms with Gasteiger partial charge in [0.25, 0.3) is 0 Å². The Labute approximate surface area is 179 Å². The number of hydrogen-bond donors (Lipinski definition) is 2. The lowest BCUT2D eigenvalue weighted by atomic mass is 9.93. The van der Waals surface area contributed by atoms with Gasteiger partial charge in [-0.05, 0) is 37.5 Å². The quantitative estimate of drug-likeness (QED) is 0.540. The van der Waals surface area contributed by atoms with Gasteiger partial charge in [0.1, 0.15) is 0 Å². The Kier molecular flexibility index (Phi) is 7.17. The van der Waals surface area contributed by atoms with Crippen molar-refractivity contribution >= 4 is 23.0 Å². The third kappa shape index (κ3) is 5.95. The van der Waals surface area contributed by atoms with E-state index in [2.05, 4.69) is 77.9 Å². The third-order valence-electron chi connectivity index (χ3n) is 5.37. The maximum absolute atomic E-state index is 4.77. The minimum atomic E-state index is 0.110. The van der Waals surface area contributed by atoms with Crippen molar-refractivity contribution in [2.75, 3.05) is 31.6 Å². The normalized spacial score (nSPS) is 16.2. The first kappa shape index (κ1) is 21.6. The number of aliphatic imine (C=N–C) groups is 1. The third-order valence-corrected chi connectivity index (χ3v) is 6.28. The molecule has 2 heterocycles. The fourth-order valence-electron chi connectivity index (χ4n) is 3.51. The maximum atomic E-state index is 4.77. The zero-order valence-electron chi connectivity index (χ0n) is 18.5. The summed E-state index contributed by atoms with van der Waals surface area (Å²) < 4.78 is 0. The van der Waals surface area contributed by atoms with Crippen molar-refractivity contribution in [2.45, 2.75) is 58.4 Å². The molecule has 2 N–H and O–H groups in total. The molecule has 1 aliphatic rings. The van der Waals surface area contributed by atoms with E-state index in [4.69, 9.17) is 4.98 Å². The highest BCUT2D eigenvalue weighted by Gasteiger charge is 2.17. The van der Waals surface area contributed by atoms with Crippen LogP contribution in [0.15, 0.2) is 34.6 Å². The molecular formula is C23H35N5S. The van der Waals surface area contributed by atoms with Crippen molar-refractivity contribution in [1.29, 1.82) is 0 Å². The summed E-state index contributed by atoms with van der Waals surface area (Å²) in [4.78, 5) is 11.6. The lowest BCUT2D eigenvalue weighted by molar-refractivity contribution is 0.570. The predicted molar refractivity (Wildman–Crippen MR) is 125 cm³/mol. The summed E-state index contributed by atoms with van der Waals surface area (Å²) in [5.41, 5.74) is 3.90. The number of hydrogen-bond acceptors (Lipinski definition) is 4. The second kappa shape index (κ2) is 9.61. The van der Waals surface area contributed by atoms with Gasteiger partial charge in [-0.1, -0.05) is 32.9 Å². The van der Waals surface area contributed by atoms with Crippen LogP contribution in [0, 0.1) is 0 Å². The van der Waals surface area contributed by atoms with E-state index in [1.54, 1.807) is 11.3 Å². The molecule has 1 aromatic carbocycles. The van der Waals surface area contributed by atoms with E-state index in [1.807, 2.05) is 7.05 Å². The van der Waals surface area contributed by atoms with Gasteiger partial charge >= 0.3 is 0 Å². The zero-order valence-corrected chi connectivity index (χ0v) is 19.3. The van der Waals surface area contributed by atoms with E-state index in [1.165, 1.54) is 47.9 Å². The molecule has 0 spiro atoms. The van der Waals surface area contributed by atoms with Crippen molar-refractivity contribution in [1.82, 2.24) is 15.6 Å². The van der Waals surface area contributed by atoms with Crippen molar-refractivity contribution in [3.8, 4) is 0 Å². The van der Waals surface area contributed by atoms with Crippen LogP contribution >= 0.6 is 11.3 Å². The molecule has 0 saturated carbocycles. The topological polar surface area (TPSA) is 52.6 Å². The summed E-state index contributed by atoms with van der Waals surface area (Å²) in [6, 6.07) is 9.06. The van der Waals surface area contributed by atoms with Gasteiger partial charge in [-0.25, -0.2) is 4.98 Å². The van der Waals surface area contributed by atoms with Gasteiger partial charge in [0.05, 0.1) is 16.7 Å². The Balaban J connectivity index is 1.52. The van der Waals surface area contributed by atoms with E-state index in [0.717, 1.165) is 18.9 Å². The number of thiazole rings is 1. The molecule has 5 nitrogen and oxygen atoms in total. The average molecular weight is 414 g/mol. The first-order valence-corrected chi connectivity index (χ1v) is 11.5. The molecule has 1 unspecified atom stereocenters. The monoisotopic (exact) mass is 413 g/mol. The fraction of sp³-hybridized carbons (Fsp3) is 0.565. The Morgan fingerprint density at radius 3 is 2.69 bits per heavy atom. The van der Waals surface area contributed by atoms with Crippen LogP contribution < -0.4 is 15.5 Å². The average Bonchev–Trinajstić information content (AvgIpc) is 3.39. The van der Waals surface area contributed by atoms with E-state index in [0.29, 0.717) is 0 Å². The number of anilines is 1. The molecule has 2 aromatic rings. The lowest BCUT2D eigenvalue weighted by Gasteiger charge is -2.22. The van der Waals surface area contributed by atoms with Gasteiger partial charge in [0, 0.05) is 49.6 Å². The SMILES string of the molecule is CN=C(NCCc1nc(C(C)(C)C)cs1)NC(C)c1cccc(N2CCCC2)c1. The van der Waals surface area contributed by atoms with E-state index < -0.39 is 0 Å². The zero-order chi connectivity index (χ0) is 20.9. The maximum Gasteiger partial charge on any atom is 0.191 e. The molecule has 158 valence electrons. The summed E-state index contributed by atoms with van der Waals surface area (Å²) >= 11 is 1.74. The van der Waals surface area contributed by atoms with Gasteiger partial charge in [0.2, 0.25) is 0 Å². The van der Waals surface area contributed by atoms with Crippen LogP contribution in [0.1, 0.15) is 62.8 Å². The van der Waals surface area contributed by atoms with Crippen LogP contribution in [0.5, 0.6) is 0 Å². The molecule has 6 heteroatoms. The van der Waals surface area contributed by atoms with Crippen LogP contribution in [0.25, 0.3) is 0 Å². The minimum absolute atomic E-state index is 0.110.